The van der Waals surface area contributed by atoms with E-state index in [1.165, 1.54) is 67.8 Å². The standard InChI is InChI=1S/C19H24N4O4S.C13H13NO.C6H11N3O3S/c1-12-20-17(11-23(12)8-9-24)28(26,27)22-19(25)21-18-15-6-2-4-13(15)10-14-5-3-7-16(14)18;14-8-15-13-11-5-1-3-9(11)7-10-4-2-6-12(10)13;1-5-8-6(13(7,11)12)4-9(5)2-3-10/h10-11,24H,2-9H2,1H3,(H2,21,22,25);7H,1-6H2;4,10H,2-3H2,1H3,(H2,7,11,12). The smallest absolute Gasteiger partial charge is 0.333 e. The Morgan fingerprint density at radius 2 is 1.20 bits per heavy atom. The number of fused-ring (bicyclic) bond motifs is 4. The average molecular weight is 809 g/mol. The van der Waals surface area contributed by atoms with Gasteiger partial charge in [-0.2, -0.15) is 8.42 Å². The highest BCUT2D eigenvalue weighted by Crippen LogP contribution is 2.40. The van der Waals surface area contributed by atoms with E-state index in [0.717, 1.165) is 86.8 Å². The summed E-state index contributed by atoms with van der Waals surface area (Å²) in [7, 11) is -7.84. The van der Waals surface area contributed by atoms with E-state index in [9.17, 15) is 21.6 Å². The molecule has 2 heterocycles. The van der Waals surface area contributed by atoms with Crippen molar-refractivity contribution < 1.29 is 36.6 Å². The van der Waals surface area contributed by atoms with Crippen molar-refractivity contribution in [3.63, 3.8) is 0 Å². The predicted molar refractivity (Wildman–Crippen MR) is 206 cm³/mol. The number of urea groups is 1. The second-order valence-electron chi connectivity index (χ2n) is 14.3. The number of carbonyl (C=O) groups excluding carboxylic acids is 1. The lowest BCUT2D eigenvalue weighted by Gasteiger charge is -2.16. The molecule has 0 unspecified atom stereocenters. The van der Waals surface area contributed by atoms with Gasteiger partial charge in [0.05, 0.1) is 13.2 Å². The summed E-state index contributed by atoms with van der Waals surface area (Å²) in [5.41, 5.74) is 11.0. The summed E-state index contributed by atoms with van der Waals surface area (Å²) in [6.45, 7) is 3.64. The van der Waals surface area contributed by atoms with Gasteiger partial charge < -0.3 is 29.4 Å². The molecule has 0 atom stereocenters. The predicted octanol–water partition coefficient (Wildman–Crippen LogP) is 3.03. The first-order valence-electron chi connectivity index (χ1n) is 18.8. The van der Waals surface area contributed by atoms with Gasteiger partial charge in [-0.1, -0.05) is 12.1 Å². The van der Waals surface area contributed by atoms with Crippen LogP contribution in [0.3, 0.4) is 0 Å². The van der Waals surface area contributed by atoms with Crippen LogP contribution in [0.1, 0.15) is 81.8 Å². The van der Waals surface area contributed by atoms with Crippen molar-refractivity contribution in [3.05, 3.63) is 80.7 Å². The molecular weight excluding hydrogens is 761 g/mol. The van der Waals surface area contributed by atoms with Gasteiger partial charge in [0.1, 0.15) is 17.4 Å². The van der Waals surface area contributed by atoms with Crippen LogP contribution in [0.25, 0.3) is 0 Å². The number of nitrogens with one attached hydrogen (secondary N) is 2. The number of aliphatic hydroxyl groups is 2. The van der Waals surface area contributed by atoms with E-state index in [4.69, 9.17) is 25.4 Å². The molecule has 0 saturated carbocycles. The summed E-state index contributed by atoms with van der Waals surface area (Å²) in [5, 5.41) is 33.7. The summed E-state index contributed by atoms with van der Waals surface area (Å²) >= 11 is 0. The fourth-order valence-corrected chi connectivity index (χ4v) is 9.56. The highest BCUT2D eigenvalue weighted by atomic mass is 32.2. The van der Waals surface area contributed by atoms with Crippen LogP contribution in [-0.4, -0.2) is 65.4 Å². The fourth-order valence-electron chi connectivity index (χ4n) is 8.11. The molecule has 56 heavy (non-hydrogen) atoms. The van der Waals surface area contributed by atoms with Crippen molar-refractivity contribution in [2.45, 2.75) is 114 Å². The third-order valence-electron chi connectivity index (χ3n) is 10.7. The van der Waals surface area contributed by atoms with Crippen molar-refractivity contribution in [3.8, 4) is 12.0 Å². The SMILES string of the molecule is Cc1nc(S(=O)(=O)NC(=O)Nc2c3c(cc4c2CCC4)CCC3)cn1CCO.Cc1nc(S(N)(=O)=O)cn1CCO.N#COc1c2c(cc3c1CCC3)CCC2. The monoisotopic (exact) mass is 808 g/mol. The van der Waals surface area contributed by atoms with Crippen LogP contribution in [0.5, 0.6) is 5.75 Å². The molecule has 0 bridgehead atoms. The zero-order valence-electron chi connectivity index (χ0n) is 31.6. The quantitative estimate of drug-likeness (QED) is 0.154. The van der Waals surface area contributed by atoms with Gasteiger partial charge in [-0.25, -0.2) is 33.0 Å². The molecule has 16 nitrogen and oxygen atoms in total. The van der Waals surface area contributed by atoms with E-state index in [1.54, 1.807) is 13.8 Å². The topological polar surface area (TPSA) is 245 Å². The second-order valence-corrected chi connectivity index (χ2v) is 17.4. The van der Waals surface area contributed by atoms with E-state index in [-0.39, 0.29) is 29.8 Å². The Balaban J connectivity index is 0.000000159. The summed E-state index contributed by atoms with van der Waals surface area (Å²) in [5.74, 6) is 1.87. The zero-order valence-corrected chi connectivity index (χ0v) is 33.2. The Labute approximate surface area is 326 Å². The summed E-state index contributed by atoms with van der Waals surface area (Å²) in [6, 6.07) is 3.82. The van der Waals surface area contributed by atoms with Gasteiger partial charge in [0.15, 0.2) is 10.1 Å². The number of sulfonamides is 2. The molecule has 0 aliphatic heterocycles. The fraction of sp³-hybridized carbons (Fsp3) is 0.474. The van der Waals surface area contributed by atoms with Crippen LogP contribution in [0.15, 0.2) is 34.6 Å². The molecule has 0 saturated heterocycles. The normalized spacial score (nSPS) is 15.0. The van der Waals surface area contributed by atoms with Gasteiger partial charge >= 0.3 is 6.03 Å². The average Bonchev–Trinajstić information content (AvgIpc) is 3.99. The minimum atomic E-state index is -4.10. The number of aliphatic hydroxyl groups excluding tert-OH is 2. The largest absolute Gasteiger partial charge is 0.395 e. The number of ether oxygens (including phenoxy) is 1. The Bertz CT molecular complexity index is 2330. The molecule has 0 fully saturated rings. The molecule has 8 rings (SSSR count). The first-order chi connectivity index (χ1) is 26.7. The molecule has 300 valence electrons. The van der Waals surface area contributed by atoms with Crippen LogP contribution in [-0.2, 0) is 84.5 Å². The van der Waals surface area contributed by atoms with Crippen LogP contribution >= 0.6 is 0 Å². The first kappa shape index (κ1) is 40.9. The number of hydrogen-bond donors (Lipinski definition) is 5. The van der Waals surface area contributed by atoms with Gasteiger partial charge in [-0.05, 0) is 135 Å². The maximum Gasteiger partial charge on any atom is 0.333 e. The molecule has 4 aromatic rings. The summed E-state index contributed by atoms with van der Waals surface area (Å²) < 4.78 is 57.1. The van der Waals surface area contributed by atoms with Gasteiger partial charge in [-0.3, -0.25) is 0 Å². The first-order valence-corrected chi connectivity index (χ1v) is 21.8. The molecular formula is C38H48N8O8S2. The number of nitrogens with zero attached hydrogens (tertiary/aromatic N) is 5. The van der Waals surface area contributed by atoms with Crippen LogP contribution in [0.2, 0.25) is 0 Å². The molecule has 6 N–H and O–H groups in total. The third kappa shape index (κ3) is 8.92. The second kappa shape index (κ2) is 17.1. The zero-order chi connectivity index (χ0) is 40.2. The Morgan fingerprint density at radius 3 is 1.62 bits per heavy atom. The number of nitrogens with two attached hydrogens (primary N) is 1. The Hall–Kier alpha value is -4.80. The van der Waals surface area contributed by atoms with E-state index in [1.807, 2.05) is 6.26 Å². The number of primary sulfonamides is 1. The lowest BCUT2D eigenvalue weighted by Crippen LogP contribution is -2.35. The molecule has 0 spiro atoms. The number of aromatic nitrogens is 4. The molecule has 0 radical (unpaired) electrons. The van der Waals surface area contributed by atoms with E-state index >= 15 is 0 Å². The number of benzene rings is 2. The van der Waals surface area contributed by atoms with Gasteiger partial charge in [0, 0.05) is 31.2 Å². The number of imidazole rings is 2. The number of rotatable bonds is 9. The highest BCUT2D eigenvalue weighted by molar-refractivity contribution is 7.90. The van der Waals surface area contributed by atoms with E-state index < -0.39 is 26.1 Å². The number of nitriles is 1. The summed E-state index contributed by atoms with van der Waals surface area (Å²) in [4.78, 5) is 20.3. The lowest BCUT2D eigenvalue weighted by molar-refractivity contribution is 0.256. The Morgan fingerprint density at radius 1 is 0.768 bits per heavy atom. The summed E-state index contributed by atoms with van der Waals surface area (Å²) in [6.07, 6.45) is 17.3. The molecule has 18 heteroatoms. The number of amides is 2. The van der Waals surface area contributed by atoms with Gasteiger partial charge in [-0.15, -0.1) is 5.26 Å². The Kier molecular flexibility index (Phi) is 12.5. The van der Waals surface area contributed by atoms with Crippen molar-refractivity contribution in [1.29, 1.82) is 5.26 Å². The van der Waals surface area contributed by atoms with Crippen molar-refractivity contribution in [1.82, 2.24) is 23.8 Å². The van der Waals surface area contributed by atoms with Crippen LogP contribution < -0.4 is 19.9 Å². The minimum absolute atomic E-state index is 0.0682. The van der Waals surface area contributed by atoms with Crippen molar-refractivity contribution in [2.24, 2.45) is 5.14 Å². The molecule has 2 aromatic heterocycles. The number of hydrogen-bond acceptors (Lipinski definition) is 11. The molecule has 2 amide bonds. The van der Waals surface area contributed by atoms with E-state index in [2.05, 4.69) is 32.1 Å². The van der Waals surface area contributed by atoms with E-state index in [0.29, 0.717) is 18.2 Å². The molecule has 4 aliphatic carbocycles. The maximum atomic E-state index is 12.6. The number of carbonyl (C=O) groups is 1. The number of aryl methyl sites for hydroxylation is 6. The molecule has 2 aromatic carbocycles. The minimum Gasteiger partial charge on any atom is -0.395 e. The van der Waals surface area contributed by atoms with Gasteiger partial charge in [0.2, 0.25) is 0 Å². The highest BCUT2D eigenvalue weighted by Gasteiger charge is 2.28. The third-order valence-corrected chi connectivity index (χ3v) is 12.6. The molecule has 4 aliphatic rings. The van der Waals surface area contributed by atoms with Crippen LogP contribution in [0, 0.1) is 25.4 Å². The van der Waals surface area contributed by atoms with Crippen molar-refractivity contribution in [2.75, 3.05) is 18.5 Å². The lowest BCUT2D eigenvalue weighted by atomic mass is 9.99. The van der Waals surface area contributed by atoms with Gasteiger partial charge in [0.25, 0.3) is 26.3 Å². The van der Waals surface area contributed by atoms with Crippen molar-refractivity contribution >= 4 is 31.8 Å². The number of anilines is 1. The maximum absolute atomic E-state index is 12.6. The van der Waals surface area contributed by atoms with Crippen LogP contribution in [0.4, 0.5) is 10.5 Å².